The Hall–Kier alpha value is -2.48. The predicted molar refractivity (Wildman–Crippen MR) is 79.1 cm³/mol. The van der Waals surface area contributed by atoms with Gasteiger partial charge in [-0.05, 0) is 32.0 Å². The van der Waals surface area contributed by atoms with Gasteiger partial charge in [0.1, 0.15) is 12.4 Å². The Bertz CT molecular complexity index is 707. The number of nitrogens with one attached hydrogen (secondary N) is 1. The first kappa shape index (κ1) is 16.9. The molecular formula is C14H13ClFN3O4. The maximum Gasteiger partial charge on any atom is 0.334 e. The summed E-state index contributed by atoms with van der Waals surface area (Å²) in [6.07, 6.45) is 0. The summed E-state index contributed by atoms with van der Waals surface area (Å²) in [5.41, 5.74) is 0.129. The molecule has 0 radical (unpaired) electrons. The number of imide groups is 2. The molecule has 1 N–H and O–H groups in total. The number of anilines is 1. The predicted octanol–water partition coefficient (Wildman–Crippen LogP) is 1.62. The van der Waals surface area contributed by atoms with E-state index in [1.807, 2.05) is 0 Å². The van der Waals surface area contributed by atoms with Crippen LogP contribution in [0.25, 0.3) is 0 Å². The van der Waals surface area contributed by atoms with E-state index in [2.05, 4.69) is 5.32 Å². The molecule has 1 fully saturated rings. The van der Waals surface area contributed by atoms with Crippen LogP contribution in [-0.4, -0.2) is 46.1 Å². The highest BCUT2D eigenvalue weighted by Gasteiger charge is 2.46. The highest BCUT2D eigenvalue weighted by molar-refractivity contribution is 6.45. The Labute approximate surface area is 136 Å². The normalized spacial score (nSPS) is 14.9. The second kappa shape index (κ2) is 6.33. The van der Waals surface area contributed by atoms with Crippen molar-refractivity contribution in [1.82, 2.24) is 9.80 Å². The minimum Gasteiger partial charge on any atom is -0.323 e. The van der Waals surface area contributed by atoms with Gasteiger partial charge in [-0.1, -0.05) is 11.6 Å². The second-order valence-electron chi connectivity index (χ2n) is 5.12. The fourth-order valence-corrected chi connectivity index (χ4v) is 2.26. The Balaban J connectivity index is 2.10. The summed E-state index contributed by atoms with van der Waals surface area (Å²) in [6.45, 7) is 2.51. The van der Waals surface area contributed by atoms with Crippen molar-refractivity contribution in [2.75, 3.05) is 11.9 Å². The number of carbonyl (C=O) groups excluding carboxylic acids is 4. The average Bonchev–Trinajstić information content (AvgIpc) is 2.66. The molecule has 1 aromatic rings. The first-order valence-corrected chi connectivity index (χ1v) is 7.04. The van der Waals surface area contributed by atoms with Crippen molar-refractivity contribution in [2.45, 2.75) is 19.9 Å². The van der Waals surface area contributed by atoms with E-state index in [4.69, 9.17) is 11.6 Å². The maximum absolute atomic E-state index is 12.9. The summed E-state index contributed by atoms with van der Waals surface area (Å²) < 4.78 is 12.9. The van der Waals surface area contributed by atoms with Crippen molar-refractivity contribution in [3.05, 3.63) is 29.0 Å². The van der Waals surface area contributed by atoms with E-state index in [0.717, 1.165) is 17.0 Å². The van der Waals surface area contributed by atoms with Crippen LogP contribution in [0.1, 0.15) is 13.8 Å². The lowest BCUT2D eigenvalue weighted by Gasteiger charge is -2.18. The van der Waals surface area contributed by atoms with Gasteiger partial charge in [-0.25, -0.2) is 14.1 Å². The minimum absolute atomic E-state index is 0.0303. The first-order chi connectivity index (χ1) is 10.7. The number of carbonyl (C=O) groups is 4. The Morgan fingerprint density at radius 3 is 2.43 bits per heavy atom. The van der Waals surface area contributed by atoms with Gasteiger partial charge in [0.2, 0.25) is 5.91 Å². The fourth-order valence-electron chi connectivity index (χ4n) is 2.04. The number of nitrogens with zero attached hydrogens (tertiary/aromatic N) is 2. The summed E-state index contributed by atoms with van der Waals surface area (Å²) in [5, 5.41) is 2.32. The molecule has 1 aromatic carbocycles. The largest absolute Gasteiger partial charge is 0.334 e. The molecule has 7 nitrogen and oxygen atoms in total. The van der Waals surface area contributed by atoms with Crippen LogP contribution in [-0.2, 0) is 14.4 Å². The molecule has 0 unspecified atom stereocenters. The molecule has 0 aliphatic carbocycles. The van der Waals surface area contributed by atoms with Crippen molar-refractivity contribution >= 4 is 41.0 Å². The lowest BCUT2D eigenvalue weighted by molar-refractivity contribution is -0.144. The van der Waals surface area contributed by atoms with E-state index in [-0.39, 0.29) is 10.7 Å². The van der Waals surface area contributed by atoms with Crippen LogP contribution in [0.5, 0.6) is 0 Å². The SMILES string of the molecule is CC(C)N1C(=O)C(=O)N(CC(=O)Nc2ccc(F)cc2Cl)C1=O. The topological polar surface area (TPSA) is 86.8 Å². The monoisotopic (exact) mass is 341 g/mol. The van der Waals surface area contributed by atoms with Crippen molar-refractivity contribution in [2.24, 2.45) is 0 Å². The number of halogens is 2. The summed E-state index contributed by atoms with van der Waals surface area (Å²) in [6, 6.07) is 1.99. The standard InChI is InChI=1S/C14H13ClFN3O4/c1-7(2)19-13(22)12(21)18(14(19)23)6-11(20)17-10-4-3-8(16)5-9(10)15/h3-5,7H,6H2,1-2H3,(H,17,20). The molecule has 0 spiro atoms. The van der Waals surface area contributed by atoms with Crippen molar-refractivity contribution in [1.29, 1.82) is 0 Å². The van der Waals surface area contributed by atoms with E-state index in [1.54, 1.807) is 13.8 Å². The van der Waals surface area contributed by atoms with E-state index in [9.17, 15) is 23.6 Å². The van der Waals surface area contributed by atoms with E-state index < -0.39 is 42.2 Å². The molecule has 1 saturated heterocycles. The molecule has 0 atom stereocenters. The number of hydrogen-bond acceptors (Lipinski definition) is 4. The smallest absolute Gasteiger partial charge is 0.323 e. The van der Waals surface area contributed by atoms with Gasteiger partial charge >= 0.3 is 17.8 Å². The molecule has 1 aliphatic rings. The molecule has 0 bridgehead atoms. The molecule has 1 aliphatic heterocycles. The van der Waals surface area contributed by atoms with Gasteiger partial charge in [-0.3, -0.25) is 19.3 Å². The molecule has 1 heterocycles. The second-order valence-corrected chi connectivity index (χ2v) is 5.52. The van der Waals surface area contributed by atoms with E-state index in [1.165, 1.54) is 6.07 Å². The molecule has 122 valence electrons. The third-order valence-corrected chi connectivity index (χ3v) is 3.42. The lowest BCUT2D eigenvalue weighted by Crippen LogP contribution is -2.40. The summed E-state index contributed by atoms with van der Waals surface area (Å²) in [5.74, 6) is -3.35. The lowest BCUT2D eigenvalue weighted by atomic mass is 10.3. The van der Waals surface area contributed by atoms with Gasteiger partial charge in [-0.2, -0.15) is 0 Å². The number of hydrogen-bond donors (Lipinski definition) is 1. The van der Waals surface area contributed by atoms with Crippen LogP contribution in [0.2, 0.25) is 5.02 Å². The maximum atomic E-state index is 12.9. The molecule has 2 rings (SSSR count). The molecule has 5 amide bonds. The minimum atomic E-state index is -1.07. The number of benzene rings is 1. The van der Waals surface area contributed by atoms with Gasteiger partial charge in [0.25, 0.3) is 0 Å². The molecule has 0 aromatic heterocycles. The number of urea groups is 1. The average molecular weight is 342 g/mol. The third-order valence-electron chi connectivity index (χ3n) is 3.11. The number of rotatable bonds is 4. The van der Waals surface area contributed by atoms with E-state index in [0.29, 0.717) is 4.90 Å². The van der Waals surface area contributed by atoms with Gasteiger partial charge in [0.05, 0.1) is 10.7 Å². The van der Waals surface area contributed by atoms with E-state index >= 15 is 0 Å². The van der Waals surface area contributed by atoms with Gasteiger partial charge in [0.15, 0.2) is 0 Å². The van der Waals surface area contributed by atoms with Gasteiger partial charge in [0, 0.05) is 6.04 Å². The highest BCUT2D eigenvalue weighted by Crippen LogP contribution is 2.22. The fraction of sp³-hybridized carbons (Fsp3) is 0.286. The van der Waals surface area contributed by atoms with Crippen LogP contribution in [0.15, 0.2) is 18.2 Å². The molecular weight excluding hydrogens is 329 g/mol. The van der Waals surface area contributed by atoms with Crippen LogP contribution >= 0.6 is 11.6 Å². The Morgan fingerprint density at radius 1 is 1.26 bits per heavy atom. The van der Waals surface area contributed by atoms with Crippen LogP contribution in [0.4, 0.5) is 14.9 Å². The quantitative estimate of drug-likeness (QED) is 0.666. The summed E-state index contributed by atoms with van der Waals surface area (Å²) in [7, 11) is 0. The zero-order valence-electron chi connectivity index (χ0n) is 12.3. The molecule has 0 saturated carbocycles. The third kappa shape index (κ3) is 3.31. The van der Waals surface area contributed by atoms with Crippen LogP contribution in [0, 0.1) is 5.82 Å². The first-order valence-electron chi connectivity index (χ1n) is 6.66. The highest BCUT2D eigenvalue weighted by atomic mass is 35.5. The van der Waals surface area contributed by atoms with Gasteiger partial charge in [-0.15, -0.1) is 0 Å². The van der Waals surface area contributed by atoms with Crippen LogP contribution in [0.3, 0.4) is 0 Å². The zero-order chi connectivity index (χ0) is 17.3. The van der Waals surface area contributed by atoms with Crippen molar-refractivity contribution in [3.63, 3.8) is 0 Å². The number of amides is 5. The van der Waals surface area contributed by atoms with Crippen LogP contribution < -0.4 is 5.32 Å². The molecule has 23 heavy (non-hydrogen) atoms. The zero-order valence-corrected chi connectivity index (χ0v) is 13.1. The van der Waals surface area contributed by atoms with Crippen molar-refractivity contribution in [3.8, 4) is 0 Å². The van der Waals surface area contributed by atoms with Crippen molar-refractivity contribution < 1.29 is 23.6 Å². The Kier molecular flexibility index (Phi) is 4.65. The summed E-state index contributed by atoms with van der Waals surface area (Å²) >= 11 is 5.77. The molecule has 9 heteroatoms. The Morgan fingerprint density at radius 2 is 1.91 bits per heavy atom. The summed E-state index contributed by atoms with van der Waals surface area (Å²) in [4.78, 5) is 48.8. The van der Waals surface area contributed by atoms with Gasteiger partial charge < -0.3 is 5.32 Å².